The smallest absolute Gasteiger partial charge is 0.251 e. The van der Waals surface area contributed by atoms with Gasteiger partial charge in [0.2, 0.25) is 0 Å². The summed E-state index contributed by atoms with van der Waals surface area (Å²) >= 11 is 0. The van der Waals surface area contributed by atoms with E-state index in [-0.39, 0.29) is 11.4 Å². The summed E-state index contributed by atoms with van der Waals surface area (Å²) in [7, 11) is 0. The van der Waals surface area contributed by atoms with Crippen LogP contribution in [0.25, 0.3) is 0 Å². The molecule has 1 amide bonds. The second-order valence-electron chi connectivity index (χ2n) is 5.79. The second-order valence-corrected chi connectivity index (χ2v) is 5.79. The standard InChI is InChI=1S/C16H19N3O/c17-11-13-4-1-5-14(10-13)15(20)18-12-16-6-2-8-19(16)9-3-7-16/h1,4-5,10H,2-3,6-9,12H2,(H,18,20). The Balaban J connectivity index is 1.66. The van der Waals surface area contributed by atoms with Gasteiger partial charge in [-0.2, -0.15) is 5.26 Å². The van der Waals surface area contributed by atoms with Gasteiger partial charge in [-0.25, -0.2) is 0 Å². The SMILES string of the molecule is N#Cc1cccc(C(=O)NCC23CCCN2CCC3)c1. The number of fused-ring (bicyclic) bond motifs is 1. The highest BCUT2D eigenvalue weighted by Gasteiger charge is 2.44. The third-order valence-corrected chi connectivity index (χ3v) is 4.64. The zero-order chi connectivity index (χ0) is 14.0. The number of carbonyl (C=O) groups excluding carboxylic acids is 1. The molecule has 2 fully saturated rings. The molecule has 0 spiro atoms. The summed E-state index contributed by atoms with van der Waals surface area (Å²) in [5, 5.41) is 11.9. The number of nitriles is 1. The van der Waals surface area contributed by atoms with Crippen molar-refractivity contribution in [2.75, 3.05) is 19.6 Å². The monoisotopic (exact) mass is 269 g/mol. The Bertz CT molecular complexity index is 551. The van der Waals surface area contributed by atoms with Crippen LogP contribution < -0.4 is 5.32 Å². The molecule has 0 aromatic heterocycles. The topological polar surface area (TPSA) is 56.1 Å². The Morgan fingerprint density at radius 2 is 2.10 bits per heavy atom. The lowest BCUT2D eigenvalue weighted by molar-refractivity contribution is 0.0919. The Kier molecular flexibility index (Phi) is 3.45. The Morgan fingerprint density at radius 1 is 1.35 bits per heavy atom. The number of amides is 1. The first-order valence-electron chi connectivity index (χ1n) is 7.27. The van der Waals surface area contributed by atoms with Crippen molar-refractivity contribution in [2.24, 2.45) is 0 Å². The molecule has 4 heteroatoms. The lowest BCUT2D eigenvalue weighted by Gasteiger charge is -2.32. The van der Waals surface area contributed by atoms with Gasteiger partial charge >= 0.3 is 0 Å². The Labute approximate surface area is 119 Å². The van der Waals surface area contributed by atoms with E-state index in [1.54, 1.807) is 24.3 Å². The molecule has 0 atom stereocenters. The molecular formula is C16H19N3O. The average molecular weight is 269 g/mol. The molecule has 0 saturated carbocycles. The number of carbonyl (C=O) groups is 1. The van der Waals surface area contributed by atoms with Gasteiger partial charge in [0.15, 0.2) is 0 Å². The van der Waals surface area contributed by atoms with Crippen LogP contribution in [0.1, 0.15) is 41.6 Å². The van der Waals surface area contributed by atoms with Crippen LogP contribution in [0.15, 0.2) is 24.3 Å². The van der Waals surface area contributed by atoms with Gasteiger partial charge in [-0.05, 0) is 57.0 Å². The fourth-order valence-corrected chi connectivity index (χ4v) is 3.59. The number of nitrogens with zero attached hydrogens (tertiary/aromatic N) is 2. The van der Waals surface area contributed by atoms with Crippen molar-refractivity contribution in [3.05, 3.63) is 35.4 Å². The molecule has 3 rings (SSSR count). The van der Waals surface area contributed by atoms with Gasteiger partial charge in [0, 0.05) is 17.6 Å². The molecule has 2 aliphatic heterocycles. The summed E-state index contributed by atoms with van der Waals surface area (Å²) in [6, 6.07) is 8.94. The van der Waals surface area contributed by atoms with E-state index in [0.717, 1.165) is 6.54 Å². The largest absolute Gasteiger partial charge is 0.350 e. The maximum Gasteiger partial charge on any atom is 0.251 e. The van der Waals surface area contributed by atoms with Gasteiger partial charge in [0.1, 0.15) is 0 Å². The average Bonchev–Trinajstić information content (AvgIpc) is 3.04. The first-order chi connectivity index (χ1) is 9.73. The van der Waals surface area contributed by atoms with Crippen LogP contribution in [0.3, 0.4) is 0 Å². The number of hydrogen-bond donors (Lipinski definition) is 1. The van der Waals surface area contributed by atoms with E-state index in [9.17, 15) is 4.79 Å². The van der Waals surface area contributed by atoms with Crippen molar-refractivity contribution in [3.8, 4) is 6.07 Å². The molecule has 20 heavy (non-hydrogen) atoms. The first kappa shape index (κ1) is 13.1. The lowest BCUT2D eigenvalue weighted by Crippen LogP contribution is -2.48. The maximum atomic E-state index is 12.2. The second kappa shape index (κ2) is 5.26. The number of nitrogens with one attached hydrogen (secondary N) is 1. The van der Waals surface area contributed by atoms with Gasteiger partial charge < -0.3 is 5.32 Å². The number of hydrogen-bond acceptors (Lipinski definition) is 3. The minimum atomic E-state index is -0.0739. The molecule has 1 N–H and O–H groups in total. The third kappa shape index (κ3) is 2.30. The number of rotatable bonds is 3. The van der Waals surface area contributed by atoms with Gasteiger partial charge in [-0.1, -0.05) is 6.07 Å². The molecule has 104 valence electrons. The first-order valence-corrected chi connectivity index (χ1v) is 7.27. The van der Waals surface area contributed by atoms with Crippen LogP contribution in [0.2, 0.25) is 0 Å². The van der Waals surface area contributed by atoms with Crippen molar-refractivity contribution in [1.82, 2.24) is 10.2 Å². The quantitative estimate of drug-likeness (QED) is 0.912. The normalized spacial score (nSPS) is 20.4. The van der Waals surface area contributed by atoms with Crippen LogP contribution in [-0.2, 0) is 0 Å². The summed E-state index contributed by atoms with van der Waals surface area (Å²) in [6.45, 7) is 3.06. The van der Waals surface area contributed by atoms with Crippen LogP contribution in [-0.4, -0.2) is 36.0 Å². The summed E-state index contributed by atoms with van der Waals surface area (Å²) < 4.78 is 0. The van der Waals surface area contributed by atoms with Crippen molar-refractivity contribution >= 4 is 5.91 Å². The lowest BCUT2D eigenvalue weighted by atomic mass is 9.94. The van der Waals surface area contributed by atoms with Crippen LogP contribution >= 0.6 is 0 Å². The summed E-state index contributed by atoms with van der Waals surface area (Å²) in [5.41, 5.74) is 1.30. The minimum Gasteiger partial charge on any atom is -0.350 e. The van der Waals surface area contributed by atoms with E-state index < -0.39 is 0 Å². The van der Waals surface area contributed by atoms with E-state index in [2.05, 4.69) is 16.3 Å². The molecule has 0 bridgehead atoms. The third-order valence-electron chi connectivity index (χ3n) is 4.64. The minimum absolute atomic E-state index is 0.0739. The molecule has 2 heterocycles. The zero-order valence-corrected chi connectivity index (χ0v) is 11.6. The van der Waals surface area contributed by atoms with Crippen molar-refractivity contribution in [1.29, 1.82) is 5.26 Å². The van der Waals surface area contributed by atoms with Gasteiger partial charge in [0.25, 0.3) is 5.91 Å². The molecule has 0 radical (unpaired) electrons. The molecular weight excluding hydrogens is 250 g/mol. The molecule has 0 unspecified atom stereocenters. The van der Waals surface area contributed by atoms with Crippen molar-refractivity contribution in [3.63, 3.8) is 0 Å². The van der Waals surface area contributed by atoms with E-state index in [1.165, 1.54) is 38.8 Å². The van der Waals surface area contributed by atoms with Gasteiger partial charge in [0.05, 0.1) is 11.6 Å². The van der Waals surface area contributed by atoms with E-state index in [1.807, 2.05) is 0 Å². The summed E-state index contributed by atoms with van der Waals surface area (Å²) in [5.74, 6) is -0.0739. The molecule has 0 aliphatic carbocycles. The molecule has 2 aliphatic rings. The van der Waals surface area contributed by atoms with E-state index in [4.69, 9.17) is 5.26 Å². The Hall–Kier alpha value is -1.86. The molecule has 1 aromatic carbocycles. The highest BCUT2D eigenvalue weighted by Crippen LogP contribution is 2.38. The highest BCUT2D eigenvalue weighted by molar-refractivity contribution is 5.94. The summed E-state index contributed by atoms with van der Waals surface area (Å²) in [6.07, 6.45) is 4.84. The number of benzene rings is 1. The fraction of sp³-hybridized carbons (Fsp3) is 0.500. The molecule has 1 aromatic rings. The van der Waals surface area contributed by atoms with Crippen LogP contribution in [0.5, 0.6) is 0 Å². The molecule has 4 nitrogen and oxygen atoms in total. The van der Waals surface area contributed by atoms with E-state index in [0.29, 0.717) is 11.1 Å². The predicted molar refractivity (Wildman–Crippen MR) is 76.3 cm³/mol. The van der Waals surface area contributed by atoms with Gasteiger partial charge in [-0.15, -0.1) is 0 Å². The van der Waals surface area contributed by atoms with Crippen molar-refractivity contribution in [2.45, 2.75) is 31.2 Å². The fourth-order valence-electron chi connectivity index (χ4n) is 3.59. The van der Waals surface area contributed by atoms with Gasteiger partial charge in [-0.3, -0.25) is 9.69 Å². The van der Waals surface area contributed by atoms with Crippen molar-refractivity contribution < 1.29 is 4.79 Å². The van der Waals surface area contributed by atoms with E-state index >= 15 is 0 Å². The highest BCUT2D eigenvalue weighted by atomic mass is 16.1. The maximum absolute atomic E-state index is 12.2. The predicted octanol–water partition coefficient (Wildman–Crippen LogP) is 1.92. The summed E-state index contributed by atoms with van der Waals surface area (Å²) in [4.78, 5) is 14.7. The molecule has 2 saturated heterocycles. The van der Waals surface area contributed by atoms with Crippen LogP contribution in [0, 0.1) is 11.3 Å². The Morgan fingerprint density at radius 3 is 2.80 bits per heavy atom. The van der Waals surface area contributed by atoms with Crippen LogP contribution in [0.4, 0.5) is 0 Å². The zero-order valence-electron chi connectivity index (χ0n) is 11.6.